The van der Waals surface area contributed by atoms with Crippen LogP contribution in [0.1, 0.15) is 6.42 Å². The number of carbonyl (C=O) groups excluding carboxylic acids is 1. The average molecular weight is 208 g/mol. The van der Waals surface area contributed by atoms with Crippen molar-refractivity contribution in [3.05, 3.63) is 30.3 Å². The maximum absolute atomic E-state index is 13.9. The number of nitrogens with one attached hydrogen (secondary N) is 2. The van der Waals surface area contributed by atoms with Gasteiger partial charge in [0.1, 0.15) is 0 Å². The molecule has 4 heteroatoms. The summed E-state index contributed by atoms with van der Waals surface area (Å²) in [5.41, 5.74) is -1.12. The van der Waals surface area contributed by atoms with Gasteiger partial charge in [-0.1, -0.05) is 18.2 Å². The van der Waals surface area contributed by atoms with E-state index in [-0.39, 0.29) is 13.0 Å². The van der Waals surface area contributed by atoms with E-state index in [0.29, 0.717) is 12.2 Å². The fraction of sp³-hybridized carbons (Fsp3) is 0.364. The van der Waals surface area contributed by atoms with Crippen molar-refractivity contribution in [1.29, 1.82) is 0 Å². The number of para-hydroxylation sites is 1. The highest BCUT2D eigenvalue weighted by molar-refractivity contribution is 5.97. The Hall–Kier alpha value is -1.42. The smallest absolute Gasteiger partial charge is 0.263 e. The van der Waals surface area contributed by atoms with Gasteiger partial charge in [-0.3, -0.25) is 4.79 Å². The second kappa shape index (κ2) is 3.98. The second-order valence-electron chi connectivity index (χ2n) is 3.71. The molecule has 80 valence electrons. The Bertz CT molecular complexity index is 347. The average Bonchev–Trinajstić information content (AvgIpc) is 2.68. The third-order valence-corrected chi connectivity index (χ3v) is 2.54. The quantitative estimate of drug-likeness (QED) is 0.769. The number of alkyl halides is 1. The normalized spacial score (nSPS) is 25.1. The van der Waals surface area contributed by atoms with E-state index in [1.807, 2.05) is 6.07 Å². The van der Waals surface area contributed by atoms with Crippen molar-refractivity contribution in [1.82, 2.24) is 5.32 Å². The lowest BCUT2D eigenvalue weighted by atomic mass is 10.0. The van der Waals surface area contributed by atoms with Gasteiger partial charge in [0.2, 0.25) is 5.67 Å². The Kier molecular flexibility index (Phi) is 2.68. The fourth-order valence-electron chi connectivity index (χ4n) is 1.62. The van der Waals surface area contributed by atoms with Gasteiger partial charge in [-0.05, 0) is 18.7 Å². The van der Waals surface area contributed by atoms with E-state index in [4.69, 9.17) is 0 Å². The molecule has 1 atom stereocenters. The van der Waals surface area contributed by atoms with E-state index in [2.05, 4.69) is 10.6 Å². The van der Waals surface area contributed by atoms with E-state index >= 15 is 0 Å². The predicted molar refractivity (Wildman–Crippen MR) is 56.4 cm³/mol. The molecule has 1 heterocycles. The molecule has 1 saturated heterocycles. The van der Waals surface area contributed by atoms with Gasteiger partial charge in [0.05, 0.1) is 0 Å². The molecule has 1 aliphatic heterocycles. The predicted octanol–water partition coefficient (Wildman–Crippen LogP) is 1.33. The van der Waals surface area contributed by atoms with Crippen LogP contribution in [0.5, 0.6) is 0 Å². The topological polar surface area (TPSA) is 41.1 Å². The van der Waals surface area contributed by atoms with E-state index in [0.717, 1.165) is 0 Å². The molecule has 0 aliphatic carbocycles. The molecule has 0 spiro atoms. The number of halogens is 1. The van der Waals surface area contributed by atoms with Crippen molar-refractivity contribution < 1.29 is 9.18 Å². The van der Waals surface area contributed by atoms with Gasteiger partial charge < -0.3 is 10.6 Å². The minimum absolute atomic E-state index is 0.103. The van der Waals surface area contributed by atoms with Crippen molar-refractivity contribution in [2.45, 2.75) is 12.1 Å². The molecule has 1 aliphatic rings. The van der Waals surface area contributed by atoms with Crippen LogP contribution in [0.3, 0.4) is 0 Å². The van der Waals surface area contributed by atoms with Gasteiger partial charge in [0.25, 0.3) is 5.91 Å². The zero-order valence-corrected chi connectivity index (χ0v) is 8.29. The van der Waals surface area contributed by atoms with Crippen molar-refractivity contribution in [2.75, 3.05) is 18.4 Å². The van der Waals surface area contributed by atoms with Crippen LogP contribution in [0.4, 0.5) is 10.1 Å². The minimum Gasteiger partial charge on any atom is -0.323 e. The summed E-state index contributed by atoms with van der Waals surface area (Å²) in [5.74, 6) is -0.557. The third-order valence-electron chi connectivity index (χ3n) is 2.54. The maximum Gasteiger partial charge on any atom is 0.263 e. The van der Waals surface area contributed by atoms with Gasteiger partial charge in [-0.15, -0.1) is 0 Å². The number of benzene rings is 1. The number of amides is 1. The first-order valence-electron chi connectivity index (χ1n) is 4.97. The molecule has 0 bridgehead atoms. The molecule has 1 aromatic carbocycles. The molecule has 2 rings (SSSR count). The van der Waals surface area contributed by atoms with Gasteiger partial charge in [-0.2, -0.15) is 0 Å². The second-order valence-corrected chi connectivity index (χ2v) is 3.71. The number of hydrogen-bond acceptors (Lipinski definition) is 2. The van der Waals surface area contributed by atoms with Crippen molar-refractivity contribution >= 4 is 11.6 Å². The molecule has 0 saturated carbocycles. The van der Waals surface area contributed by atoms with E-state index in [9.17, 15) is 9.18 Å². The maximum atomic E-state index is 13.9. The third kappa shape index (κ3) is 2.15. The first-order chi connectivity index (χ1) is 7.21. The number of carbonyl (C=O) groups is 1. The summed E-state index contributed by atoms with van der Waals surface area (Å²) in [5, 5.41) is 5.41. The summed E-state index contributed by atoms with van der Waals surface area (Å²) in [4.78, 5) is 11.6. The molecule has 3 nitrogen and oxygen atoms in total. The van der Waals surface area contributed by atoms with Crippen LogP contribution < -0.4 is 10.6 Å². The van der Waals surface area contributed by atoms with Crippen LogP contribution >= 0.6 is 0 Å². The van der Waals surface area contributed by atoms with E-state index in [1.165, 1.54) is 0 Å². The highest BCUT2D eigenvalue weighted by Gasteiger charge is 2.41. The Balaban J connectivity index is 2.04. The van der Waals surface area contributed by atoms with Crippen molar-refractivity contribution in [3.8, 4) is 0 Å². The largest absolute Gasteiger partial charge is 0.323 e. The van der Waals surface area contributed by atoms with Gasteiger partial charge >= 0.3 is 0 Å². The SMILES string of the molecule is O=C(Nc1ccccc1)C1(F)CCNC1. The molecular formula is C11H13FN2O. The molecular weight excluding hydrogens is 195 g/mol. The molecule has 15 heavy (non-hydrogen) atoms. The van der Waals surface area contributed by atoms with Crippen molar-refractivity contribution in [3.63, 3.8) is 0 Å². The molecule has 2 N–H and O–H groups in total. The highest BCUT2D eigenvalue weighted by atomic mass is 19.1. The number of anilines is 1. The summed E-state index contributed by atoms with van der Waals surface area (Å²) in [6.45, 7) is 0.657. The lowest BCUT2D eigenvalue weighted by Gasteiger charge is -2.17. The van der Waals surface area contributed by atoms with Crippen LogP contribution in [0.15, 0.2) is 30.3 Å². The van der Waals surface area contributed by atoms with Gasteiger partial charge in [-0.25, -0.2) is 4.39 Å². The summed E-state index contributed by atoms with van der Waals surface area (Å²) >= 11 is 0. The van der Waals surface area contributed by atoms with Crippen LogP contribution in [0.2, 0.25) is 0 Å². The molecule has 1 aromatic rings. The van der Waals surface area contributed by atoms with Crippen LogP contribution in [-0.2, 0) is 4.79 Å². The first kappa shape index (κ1) is 10.1. The van der Waals surface area contributed by atoms with Crippen molar-refractivity contribution in [2.24, 2.45) is 0 Å². The monoisotopic (exact) mass is 208 g/mol. The van der Waals surface area contributed by atoms with Crippen LogP contribution in [0, 0.1) is 0 Å². The minimum atomic E-state index is -1.75. The molecule has 1 unspecified atom stereocenters. The fourth-order valence-corrected chi connectivity index (χ4v) is 1.62. The van der Waals surface area contributed by atoms with E-state index in [1.54, 1.807) is 24.3 Å². The molecule has 0 radical (unpaired) electrons. The lowest BCUT2D eigenvalue weighted by molar-refractivity contribution is -0.126. The summed E-state index contributed by atoms with van der Waals surface area (Å²) < 4.78 is 13.9. The Morgan fingerprint density at radius 2 is 2.13 bits per heavy atom. The first-order valence-corrected chi connectivity index (χ1v) is 4.97. The summed E-state index contributed by atoms with van der Waals surface area (Å²) in [6, 6.07) is 8.92. The molecule has 1 fully saturated rings. The zero-order chi connectivity index (χ0) is 10.7. The van der Waals surface area contributed by atoms with Crippen LogP contribution in [-0.4, -0.2) is 24.7 Å². The summed E-state index contributed by atoms with van der Waals surface area (Å²) in [7, 11) is 0. The summed E-state index contributed by atoms with van der Waals surface area (Å²) in [6.07, 6.45) is 0.242. The van der Waals surface area contributed by atoms with Gasteiger partial charge in [0, 0.05) is 18.7 Å². The van der Waals surface area contributed by atoms with Crippen LogP contribution in [0.25, 0.3) is 0 Å². The van der Waals surface area contributed by atoms with Gasteiger partial charge in [0.15, 0.2) is 0 Å². The Morgan fingerprint density at radius 1 is 1.40 bits per heavy atom. The highest BCUT2D eigenvalue weighted by Crippen LogP contribution is 2.21. The molecule has 0 aromatic heterocycles. The Labute approximate surface area is 87.7 Å². The zero-order valence-electron chi connectivity index (χ0n) is 8.29. The van der Waals surface area contributed by atoms with E-state index < -0.39 is 11.6 Å². The Morgan fingerprint density at radius 3 is 2.73 bits per heavy atom. The lowest BCUT2D eigenvalue weighted by Crippen LogP contribution is -2.40. The standard InChI is InChI=1S/C11H13FN2O/c12-11(6-7-13-8-11)10(15)14-9-4-2-1-3-5-9/h1-5,13H,6-8H2,(H,14,15). The number of rotatable bonds is 2. The molecule has 1 amide bonds. The number of hydrogen-bond donors (Lipinski definition) is 2.